The van der Waals surface area contributed by atoms with Gasteiger partial charge in [-0.3, -0.25) is 14.4 Å². The van der Waals surface area contributed by atoms with Crippen LogP contribution in [0.4, 0.5) is 11.4 Å². The number of hydrogen-bond acceptors (Lipinski definition) is 3. The van der Waals surface area contributed by atoms with Crippen LogP contribution in [0.5, 0.6) is 0 Å². The van der Waals surface area contributed by atoms with Gasteiger partial charge in [0.2, 0.25) is 17.7 Å². The molecule has 0 radical (unpaired) electrons. The number of carbonyl (C=O) groups is 3. The lowest BCUT2D eigenvalue weighted by Gasteiger charge is -2.08. The van der Waals surface area contributed by atoms with Crippen molar-refractivity contribution in [2.24, 2.45) is 11.8 Å². The molecule has 2 atom stereocenters. The summed E-state index contributed by atoms with van der Waals surface area (Å²) < 4.78 is 0. The van der Waals surface area contributed by atoms with Crippen LogP contribution >= 0.6 is 0 Å². The molecule has 1 aromatic rings. The minimum atomic E-state index is -0.297. The Bertz CT molecular complexity index is 612. The quantitative estimate of drug-likeness (QED) is 0.696. The number of benzene rings is 1. The van der Waals surface area contributed by atoms with Crippen molar-refractivity contribution in [3.05, 3.63) is 36.9 Å². The zero-order valence-corrected chi connectivity index (χ0v) is 12.4. The first-order valence-corrected chi connectivity index (χ1v) is 7.08. The Morgan fingerprint density at radius 1 is 1.18 bits per heavy atom. The number of rotatable bonds is 6. The molecule has 3 amide bonds. The third-order valence-corrected chi connectivity index (χ3v) is 3.34. The SMILES string of the molecule is C=CCNC(=O)C1CC1C(=O)Nc1cccc(NC(C)=O)c1. The highest BCUT2D eigenvalue weighted by atomic mass is 16.2. The van der Waals surface area contributed by atoms with Crippen molar-refractivity contribution < 1.29 is 14.4 Å². The Morgan fingerprint density at radius 2 is 1.82 bits per heavy atom. The van der Waals surface area contributed by atoms with Gasteiger partial charge in [0.15, 0.2) is 0 Å². The van der Waals surface area contributed by atoms with E-state index in [9.17, 15) is 14.4 Å². The summed E-state index contributed by atoms with van der Waals surface area (Å²) in [6.07, 6.45) is 2.16. The Labute approximate surface area is 129 Å². The zero-order chi connectivity index (χ0) is 16.1. The van der Waals surface area contributed by atoms with Crippen molar-refractivity contribution in [2.45, 2.75) is 13.3 Å². The first kappa shape index (κ1) is 15.8. The molecular weight excluding hydrogens is 282 g/mol. The van der Waals surface area contributed by atoms with Crippen LogP contribution in [-0.4, -0.2) is 24.3 Å². The van der Waals surface area contributed by atoms with E-state index in [4.69, 9.17) is 0 Å². The van der Waals surface area contributed by atoms with Gasteiger partial charge >= 0.3 is 0 Å². The zero-order valence-electron chi connectivity index (χ0n) is 12.4. The van der Waals surface area contributed by atoms with Crippen LogP contribution < -0.4 is 16.0 Å². The van der Waals surface area contributed by atoms with Gasteiger partial charge in [-0.15, -0.1) is 6.58 Å². The second kappa shape index (κ2) is 6.89. The molecule has 6 nitrogen and oxygen atoms in total. The van der Waals surface area contributed by atoms with Gasteiger partial charge in [-0.25, -0.2) is 0 Å². The van der Waals surface area contributed by atoms with E-state index in [2.05, 4.69) is 22.5 Å². The standard InChI is InChI=1S/C16H19N3O3/c1-3-7-17-15(21)13-9-14(13)16(22)19-12-6-4-5-11(8-12)18-10(2)20/h3-6,8,13-14H,1,7,9H2,2H3,(H,17,21)(H,18,20)(H,19,22). The summed E-state index contributed by atoms with van der Waals surface area (Å²) in [6.45, 7) is 5.35. The molecule has 0 heterocycles. The van der Waals surface area contributed by atoms with Crippen molar-refractivity contribution in [1.29, 1.82) is 0 Å². The lowest BCUT2D eigenvalue weighted by Crippen LogP contribution is -2.27. The van der Waals surface area contributed by atoms with Gasteiger partial charge in [-0.1, -0.05) is 12.1 Å². The molecule has 6 heteroatoms. The fraction of sp³-hybridized carbons (Fsp3) is 0.312. The first-order chi connectivity index (χ1) is 10.5. The highest BCUT2D eigenvalue weighted by molar-refractivity contribution is 6.00. The van der Waals surface area contributed by atoms with Gasteiger partial charge in [-0.05, 0) is 24.6 Å². The molecule has 22 heavy (non-hydrogen) atoms. The maximum atomic E-state index is 12.1. The molecule has 1 aliphatic carbocycles. The molecule has 116 valence electrons. The van der Waals surface area contributed by atoms with E-state index < -0.39 is 0 Å². The smallest absolute Gasteiger partial charge is 0.228 e. The van der Waals surface area contributed by atoms with Crippen molar-refractivity contribution in [2.75, 3.05) is 17.2 Å². The van der Waals surface area contributed by atoms with Gasteiger partial charge in [0.25, 0.3) is 0 Å². The van der Waals surface area contributed by atoms with Gasteiger partial charge in [-0.2, -0.15) is 0 Å². The highest BCUT2D eigenvalue weighted by Crippen LogP contribution is 2.39. The molecule has 0 spiro atoms. The summed E-state index contributed by atoms with van der Waals surface area (Å²) in [5.41, 5.74) is 1.20. The monoisotopic (exact) mass is 301 g/mol. The van der Waals surface area contributed by atoms with E-state index in [-0.39, 0.29) is 29.6 Å². The Morgan fingerprint density at radius 3 is 2.45 bits per heavy atom. The van der Waals surface area contributed by atoms with Crippen LogP contribution in [0.3, 0.4) is 0 Å². The van der Waals surface area contributed by atoms with E-state index in [1.165, 1.54) is 6.92 Å². The Balaban J connectivity index is 1.89. The molecule has 0 aromatic heterocycles. The topological polar surface area (TPSA) is 87.3 Å². The summed E-state index contributed by atoms with van der Waals surface area (Å²) in [4.78, 5) is 34.8. The molecule has 2 rings (SSSR count). The minimum Gasteiger partial charge on any atom is -0.352 e. The Hall–Kier alpha value is -2.63. The van der Waals surface area contributed by atoms with Crippen LogP contribution in [0.2, 0.25) is 0 Å². The van der Waals surface area contributed by atoms with Gasteiger partial charge in [0, 0.05) is 24.8 Å². The fourth-order valence-electron chi connectivity index (χ4n) is 2.19. The molecule has 0 aliphatic heterocycles. The summed E-state index contributed by atoms with van der Waals surface area (Å²) in [5, 5.41) is 8.11. The molecule has 1 aliphatic rings. The largest absolute Gasteiger partial charge is 0.352 e. The number of hydrogen-bond donors (Lipinski definition) is 3. The van der Waals surface area contributed by atoms with Crippen molar-refractivity contribution in [3.63, 3.8) is 0 Å². The molecule has 2 unspecified atom stereocenters. The van der Waals surface area contributed by atoms with Crippen LogP contribution in [-0.2, 0) is 14.4 Å². The third-order valence-electron chi connectivity index (χ3n) is 3.34. The maximum absolute atomic E-state index is 12.1. The predicted octanol–water partition coefficient (Wildman–Crippen LogP) is 1.52. The molecule has 1 fully saturated rings. The summed E-state index contributed by atoms with van der Waals surface area (Å²) in [7, 11) is 0. The highest BCUT2D eigenvalue weighted by Gasteiger charge is 2.47. The summed E-state index contributed by atoms with van der Waals surface area (Å²) >= 11 is 0. The van der Waals surface area contributed by atoms with E-state index in [0.717, 1.165) is 0 Å². The number of amides is 3. The third kappa shape index (κ3) is 4.18. The van der Waals surface area contributed by atoms with E-state index in [1.54, 1.807) is 30.3 Å². The van der Waals surface area contributed by atoms with Crippen molar-refractivity contribution in [3.8, 4) is 0 Å². The van der Waals surface area contributed by atoms with Gasteiger partial charge < -0.3 is 16.0 Å². The predicted molar refractivity (Wildman–Crippen MR) is 84.2 cm³/mol. The van der Waals surface area contributed by atoms with E-state index in [1.807, 2.05) is 0 Å². The molecule has 1 aromatic carbocycles. The van der Waals surface area contributed by atoms with Crippen LogP contribution in [0.25, 0.3) is 0 Å². The van der Waals surface area contributed by atoms with E-state index in [0.29, 0.717) is 24.3 Å². The average Bonchev–Trinajstić information content (AvgIpc) is 3.25. The second-order valence-electron chi connectivity index (χ2n) is 5.23. The first-order valence-electron chi connectivity index (χ1n) is 7.08. The molecule has 1 saturated carbocycles. The number of carbonyl (C=O) groups excluding carboxylic acids is 3. The number of nitrogens with one attached hydrogen (secondary N) is 3. The van der Waals surface area contributed by atoms with Gasteiger partial charge in [0.1, 0.15) is 0 Å². The van der Waals surface area contributed by atoms with Crippen molar-refractivity contribution >= 4 is 29.1 Å². The number of anilines is 2. The van der Waals surface area contributed by atoms with Gasteiger partial charge in [0.05, 0.1) is 11.8 Å². The van der Waals surface area contributed by atoms with Crippen LogP contribution in [0, 0.1) is 11.8 Å². The maximum Gasteiger partial charge on any atom is 0.228 e. The molecule has 3 N–H and O–H groups in total. The fourth-order valence-corrected chi connectivity index (χ4v) is 2.19. The Kier molecular flexibility index (Phi) is 4.93. The summed E-state index contributed by atoms with van der Waals surface area (Å²) in [6, 6.07) is 6.88. The minimum absolute atomic E-state index is 0.118. The lowest BCUT2D eigenvalue weighted by atomic mass is 10.2. The van der Waals surface area contributed by atoms with Crippen LogP contribution in [0.15, 0.2) is 36.9 Å². The normalized spacial score (nSPS) is 19.0. The second-order valence-corrected chi connectivity index (χ2v) is 5.23. The van der Waals surface area contributed by atoms with E-state index >= 15 is 0 Å². The molecular formula is C16H19N3O3. The molecule has 0 bridgehead atoms. The average molecular weight is 301 g/mol. The van der Waals surface area contributed by atoms with Crippen molar-refractivity contribution in [1.82, 2.24) is 5.32 Å². The summed E-state index contributed by atoms with van der Waals surface area (Å²) in [5.74, 6) is -1.04. The molecule has 0 saturated heterocycles. The van der Waals surface area contributed by atoms with Crippen LogP contribution in [0.1, 0.15) is 13.3 Å². The lowest BCUT2D eigenvalue weighted by molar-refractivity contribution is -0.125.